The molecule has 0 unspecified atom stereocenters. The average Bonchev–Trinajstić information content (AvgIpc) is 3.00. The van der Waals surface area contributed by atoms with Crippen molar-refractivity contribution in [3.8, 4) is 0 Å². The quantitative estimate of drug-likeness (QED) is 0.814. The minimum atomic E-state index is -0.524. The molecule has 6 heteroatoms. The average molecular weight is 367 g/mol. The van der Waals surface area contributed by atoms with E-state index in [1.807, 2.05) is 31.2 Å². The molecule has 2 aromatic rings. The van der Waals surface area contributed by atoms with Gasteiger partial charge in [0.05, 0.1) is 11.6 Å². The van der Waals surface area contributed by atoms with Crippen LogP contribution in [0.4, 0.5) is 10.1 Å². The first-order valence-electron chi connectivity index (χ1n) is 7.73. The molecule has 0 spiro atoms. The normalized spacial score (nSPS) is 14.6. The topological polar surface area (TPSA) is 32.3 Å². The number of halogens is 3. The van der Waals surface area contributed by atoms with E-state index < -0.39 is 5.82 Å². The third-order valence-corrected chi connectivity index (χ3v) is 4.87. The van der Waals surface area contributed by atoms with Crippen molar-refractivity contribution in [2.45, 2.75) is 19.4 Å². The predicted octanol–water partition coefficient (Wildman–Crippen LogP) is 4.37. The Bertz CT molecular complexity index is 782. The van der Waals surface area contributed by atoms with E-state index >= 15 is 0 Å². The molecular weight excluding hydrogens is 350 g/mol. The monoisotopic (exact) mass is 366 g/mol. The lowest BCUT2D eigenvalue weighted by atomic mass is 10.1. The van der Waals surface area contributed by atoms with E-state index in [0.29, 0.717) is 17.1 Å². The molecule has 1 heterocycles. The number of fused-ring (bicyclic) bond motifs is 1. The van der Waals surface area contributed by atoms with Crippen molar-refractivity contribution < 1.29 is 9.18 Å². The van der Waals surface area contributed by atoms with Crippen LogP contribution in [0.2, 0.25) is 10.0 Å². The largest absolute Gasteiger partial charge is 0.311 e. The number of carbonyl (C=O) groups excluding carboxylic acids is 1. The maximum atomic E-state index is 13.6. The standard InChI is InChI=1S/C18H17Cl2FN2O/c1-11(13-8-16(21)15(20)9-14(13)19)22-10-18(24)23-7-6-12-4-2-3-5-17(12)23/h2-5,8-9,11,22H,6-7,10H2,1H3/t11-/m1/s1. The Balaban J connectivity index is 1.66. The van der Waals surface area contributed by atoms with E-state index in [1.54, 1.807) is 4.90 Å². The van der Waals surface area contributed by atoms with Gasteiger partial charge in [-0.05, 0) is 42.7 Å². The van der Waals surface area contributed by atoms with Crippen LogP contribution in [0.25, 0.3) is 0 Å². The van der Waals surface area contributed by atoms with Crippen molar-refractivity contribution in [2.75, 3.05) is 18.0 Å². The fourth-order valence-electron chi connectivity index (χ4n) is 2.91. The van der Waals surface area contributed by atoms with E-state index in [9.17, 15) is 9.18 Å². The second-order valence-corrected chi connectivity index (χ2v) is 6.63. The highest BCUT2D eigenvalue weighted by atomic mass is 35.5. The van der Waals surface area contributed by atoms with Crippen LogP contribution in [-0.2, 0) is 11.2 Å². The maximum Gasteiger partial charge on any atom is 0.240 e. The summed E-state index contributed by atoms with van der Waals surface area (Å²) in [4.78, 5) is 14.3. The molecule has 1 amide bonds. The van der Waals surface area contributed by atoms with Gasteiger partial charge in [-0.3, -0.25) is 4.79 Å². The van der Waals surface area contributed by atoms with Crippen molar-refractivity contribution in [3.63, 3.8) is 0 Å². The smallest absolute Gasteiger partial charge is 0.240 e. The molecule has 1 aliphatic heterocycles. The second kappa shape index (κ2) is 7.09. The molecule has 1 N–H and O–H groups in total. The minimum Gasteiger partial charge on any atom is -0.311 e. The Morgan fingerprint density at radius 1 is 1.29 bits per heavy atom. The maximum absolute atomic E-state index is 13.6. The summed E-state index contributed by atoms with van der Waals surface area (Å²) in [5, 5.41) is 3.47. The lowest BCUT2D eigenvalue weighted by molar-refractivity contribution is -0.117. The fourth-order valence-corrected chi connectivity index (χ4v) is 3.46. The van der Waals surface area contributed by atoms with Gasteiger partial charge < -0.3 is 10.2 Å². The summed E-state index contributed by atoms with van der Waals surface area (Å²) in [7, 11) is 0. The number of hydrogen-bond acceptors (Lipinski definition) is 2. The first kappa shape index (κ1) is 17.2. The lowest BCUT2D eigenvalue weighted by Crippen LogP contribution is -2.38. The Hall–Kier alpha value is -1.62. The van der Waals surface area contributed by atoms with Gasteiger partial charge in [0.15, 0.2) is 0 Å². The number of benzene rings is 2. The van der Waals surface area contributed by atoms with E-state index in [0.717, 1.165) is 12.1 Å². The lowest BCUT2D eigenvalue weighted by Gasteiger charge is -2.20. The number of hydrogen-bond donors (Lipinski definition) is 1. The zero-order chi connectivity index (χ0) is 17.3. The molecule has 2 aromatic carbocycles. The fraction of sp³-hybridized carbons (Fsp3) is 0.278. The van der Waals surface area contributed by atoms with E-state index in [2.05, 4.69) is 5.32 Å². The first-order chi connectivity index (χ1) is 11.5. The van der Waals surface area contributed by atoms with Crippen LogP contribution in [0.5, 0.6) is 0 Å². The highest BCUT2D eigenvalue weighted by Crippen LogP contribution is 2.29. The van der Waals surface area contributed by atoms with Crippen LogP contribution in [0.15, 0.2) is 36.4 Å². The van der Waals surface area contributed by atoms with Gasteiger partial charge in [0, 0.05) is 23.3 Å². The summed E-state index contributed by atoms with van der Waals surface area (Å²) in [5.74, 6) is -0.540. The molecule has 0 saturated carbocycles. The Morgan fingerprint density at radius 2 is 2.04 bits per heavy atom. The predicted molar refractivity (Wildman–Crippen MR) is 95.3 cm³/mol. The zero-order valence-electron chi connectivity index (χ0n) is 13.2. The van der Waals surface area contributed by atoms with Crippen molar-refractivity contribution in [1.82, 2.24) is 5.32 Å². The summed E-state index contributed by atoms with van der Waals surface area (Å²) in [5.41, 5.74) is 2.72. The third-order valence-electron chi connectivity index (χ3n) is 4.25. The number of anilines is 1. The molecule has 3 rings (SSSR count). The highest BCUT2D eigenvalue weighted by Gasteiger charge is 2.24. The van der Waals surface area contributed by atoms with Crippen LogP contribution >= 0.6 is 23.2 Å². The molecule has 1 aliphatic rings. The number of amides is 1. The highest BCUT2D eigenvalue weighted by molar-refractivity contribution is 6.35. The Labute approximate surface area is 150 Å². The molecular formula is C18H17Cl2FN2O. The molecule has 0 aliphatic carbocycles. The minimum absolute atomic E-state index is 0.0132. The molecule has 24 heavy (non-hydrogen) atoms. The third kappa shape index (κ3) is 3.41. The van der Waals surface area contributed by atoms with E-state index in [1.165, 1.54) is 17.7 Å². The molecule has 3 nitrogen and oxygen atoms in total. The Kier molecular flexibility index (Phi) is 5.09. The van der Waals surface area contributed by atoms with Crippen LogP contribution < -0.4 is 10.2 Å². The van der Waals surface area contributed by atoms with Gasteiger partial charge in [0.1, 0.15) is 5.82 Å². The van der Waals surface area contributed by atoms with Crippen LogP contribution in [-0.4, -0.2) is 19.0 Å². The molecule has 0 radical (unpaired) electrons. The molecule has 0 aromatic heterocycles. The summed E-state index contributed by atoms with van der Waals surface area (Å²) in [6.45, 7) is 2.67. The van der Waals surface area contributed by atoms with Gasteiger partial charge in [-0.25, -0.2) is 4.39 Å². The van der Waals surface area contributed by atoms with Crippen molar-refractivity contribution in [1.29, 1.82) is 0 Å². The van der Waals surface area contributed by atoms with Gasteiger partial charge in [-0.15, -0.1) is 0 Å². The van der Waals surface area contributed by atoms with Crippen LogP contribution in [0.3, 0.4) is 0 Å². The first-order valence-corrected chi connectivity index (χ1v) is 8.49. The molecule has 0 bridgehead atoms. The van der Waals surface area contributed by atoms with Crippen molar-refractivity contribution in [2.24, 2.45) is 0 Å². The Morgan fingerprint density at radius 3 is 2.83 bits per heavy atom. The zero-order valence-corrected chi connectivity index (χ0v) is 14.7. The van der Waals surface area contributed by atoms with Crippen LogP contribution in [0, 0.1) is 5.82 Å². The summed E-state index contributed by atoms with van der Waals surface area (Å²) in [6.07, 6.45) is 0.867. The number of carbonyl (C=O) groups is 1. The van der Waals surface area contributed by atoms with Gasteiger partial charge in [-0.2, -0.15) is 0 Å². The number of para-hydroxylation sites is 1. The van der Waals surface area contributed by atoms with Gasteiger partial charge >= 0.3 is 0 Å². The molecule has 1 atom stereocenters. The number of nitrogens with one attached hydrogen (secondary N) is 1. The summed E-state index contributed by atoms with van der Waals surface area (Å²) in [6, 6.07) is 10.3. The van der Waals surface area contributed by atoms with Crippen LogP contribution in [0.1, 0.15) is 24.1 Å². The van der Waals surface area contributed by atoms with Gasteiger partial charge in [0.2, 0.25) is 5.91 Å². The number of nitrogens with zero attached hydrogens (tertiary/aromatic N) is 1. The SMILES string of the molecule is C[C@@H](NCC(=O)N1CCc2ccccc21)c1cc(F)c(Cl)cc1Cl. The van der Waals surface area contributed by atoms with Crippen molar-refractivity contribution in [3.05, 3.63) is 63.4 Å². The second-order valence-electron chi connectivity index (χ2n) is 5.81. The number of rotatable bonds is 4. The molecule has 0 fully saturated rings. The molecule has 0 saturated heterocycles. The van der Waals surface area contributed by atoms with Gasteiger partial charge in [0.25, 0.3) is 0 Å². The van der Waals surface area contributed by atoms with E-state index in [4.69, 9.17) is 23.2 Å². The summed E-state index contributed by atoms with van der Waals surface area (Å²) < 4.78 is 13.6. The summed E-state index contributed by atoms with van der Waals surface area (Å²) >= 11 is 11.8. The molecule has 126 valence electrons. The van der Waals surface area contributed by atoms with E-state index in [-0.39, 0.29) is 23.5 Å². The van der Waals surface area contributed by atoms with Crippen molar-refractivity contribution >= 4 is 34.8 Å². The van der Waals surface area contributed by atoms with Gasteiger partial charge in [-0.1, -0.05) is 41.4 Å².